The Morgan fingerprint density at radius 1 is 1.17 bits per heavy atom. The van der Waals surface area contributed by atoms with Gasteiger partial charge in [-0.2, -0.15) is 0 Å². The van der Waals surface area contributed by atoms with E-state index in [2.05, 4.69) is 23.1 Å². The monoisotopic (exact) mass is 256 g/mol. The largest absolute Gasteiger partial charge is 0.388 e. The predicted octanol–water partition coefficient (Wildman–Crippen LogP) is 3.73. The van der Waals surface area contributed by atoms with Gasteiger partial charge in [-0.05, 0) is 24.6 Å². The molecular weight excluding hydrogens is 242 g/mol. The number of benzene rings is 2. The summed E-state index contributed by atoms with van der Waals surface area (Å²) in [4.78, 5) is 4.60. The third-order valence-electron chi connectivity index (χ3n) is 3.53. The number of hydrogen-bond acceptors (Lipinski definition) is 3. The Morgan fingerprint density at radius 2 is 2.00 bits per heavy atom. The van der Waals surface area contributed by atoms with Gasteiger partial charge in [0.25, 0.3) is 0 Å². The van der Waals surface area contributed by atoms with Crippen LogP contribution >= 0.6 is 11.8 Å². The summed E-state index contributed by atoms with van der Waals surface area (Å²) in [6.45, 7) is 0.682. The average Bonchev–Trinajstić information content (AvgIpc) is 2.42. The lowest BCUT2D eigenvalue weighted by molar-refractivity contribution is 0.165. The van der Waals surface area contributed by atoms with Gasteiger partial charge < -0.3 is 10.0 Å². The lowest BCUT2D eigenvalue weighted by atomic mass is 9.98. The van der Waals surface area contributed by atoms with Crippen LogP contribution < -0.4 is 4.90 Å². The molecule has 0 saturated heterocycles. The van der Waals surface area contributed by atoms with E-state index >= 15 is 0 Å². The second-order valence-electron chi connectivity index (χ2n) is 4.57. The van der Waals surface area contributed by atoms with Gasteiger partial charge in [0.05, 0.1) is 18.8 Å². The molecule has 4 rings (SSSR count). The molecule has 0 saturated carbocycles. The average molecular weight is 256 g/mol. The molecule has 2 aliphatic heterocycles. The van der Waals surface area contributed by atoms with E-state index in [0.29, 0.717) is 13.0 Å². The van der Waals surface area contributed by atoms with Crippen LogP contribution in [0.25, 0.3) is 0 Å². The fraction of sp³-hybridized carbons (Fsp3) is 0.200. The zero-order chi connectivity index (χ0) is 13.0. The van der Waals surface area contributed by atoms with Crippen molar-refractivity contribution < 1.29 is 6.48 Å². The van der Waals surface area contributed by atoms with E-state index in [1.807, 2.05) is 24.3 Å². The van der Waals surface area contributed by atoms with Crippen LogP contribution in [0, 0.1) is 0 Å². The van der Waals surface area contributed by atoms with Crippen molar-refractivity contribution in [1.29, 1.82) is 0 Å². The molecule has 0 spiro atoms. The summed E-state index contributed by atoms with van der Waals surface area (Å²) in [7, 11) is 0. The number of anilines is 2. The molecule has 2 aliphatic rings. The highest BCUT2D eigenvalue weighted by atomic mass is 32.2. The van der Waals surface area contributed by atoms with Crippen LogP contribution in [0.2, 0.25) is 0 Å². The summed E-state index contributed by atoms with van der Waals surface area (Å²) in [6, 6.07) is 14.2. The first-order valence-electron chi connectivity index (χ1n) is 6.57. The molecule has 0 amide bonds. The Balaban J connectivity index is 1.99. The number of aliphatic hydroxyl groups is 1. The molecule has 2 heterocycles. The van der Waals surface area contributed by atoms with Crippen LogP contribution in [0.4, 0.5) is 11.4 Å². The van der Waals surface area contributed by atoms with E-state index in [1.165, 1.54) is 10.6 Å². The van der Waals surface area contributed by atoms with Gasteiger partial charge in [0.1, 0.15) is 0 Å². The van der Waals surface area contributed by atoms with E-state index in [-0.39, 0.29) is 0 Å². The summed E-state index contributed by atoms with van der Waals surface area (Å²) in [5.74, 6) is 0. The Morgan fingerprint density at radius 3 is 2.94 bits per heavy atom. The van der Waals surface area contributed by atoms with Crippen LogP contribution in [0.3, 0.4) is 0 Å². The van der Waals surface area contributed by atoms with Gasteiger partial charge in [-0.3, -0.25) is 0 Å². The third kappa shape index (κ3) is 1.35. The van der Waals surface area contributed by atoms with E-state index in [4.69, 9.17) is 1.37 Å². The number of para-hydroxylation sites is 2. The van der Waals surface area contributed by atoms with Crippen molar-refractivity contribution in [3.63, 3.8) is 0 Å². The van der Waals surface area contributed by atoms with Gasteiger partial charge in [-0.15, -0.1) is 0 Å². The zero-order valence-corrected chi connectivity index (χ0v) is 10.6. The second kappa shape index (κ2) is 3.77. The molecule has 0 aromatic heterocycles. The normalized spacial score (nSPS) is 25.2. The number of nitrogens with zero attached hydrogens (tertiary/aromatic N) is 1. The molecule has 1 atom stereocenters. The number of rotatable bonds is 0. The summed E-state index contributed by atoms with van der Waals surface area (Å²) in [5.41, 5.74) is 2.91. The van der Waals surface area contributed by atoms with Crippen molar-refractivity contribution in [3.05, 3.63) is 48.0 Å². The quantitative estimate of drug-likeness (QED) is 0.777. The van der Waals surface area contributed by atoms with Gasteiger partial charge in [-0.1, -0.05) is 36.0 Å². The predicted molar refractivity (Wildman–Crippen MR) is 73.6 cm³/mol. The minimum Gasteiger partial charge on any atom is -0.388 e. The van der Waals surface area contributed by atoms with Crippen molar-refractivity contribution in [2.75, 3.05) is 11.4 Å². The first-order chi connectivity index (χ1) is 9.17. The summed E-state index contributed by atoms with van der Waals surface area (Å²) < 4.78 is 8.10. The molecule has 1 N–H and O–H groups in total. The van der Waals surface area contributed by atoms with Crippen molar-refractivity contribution >= 4 is 23.1 Å². The van der Waals surface area contributed by atoms with Gasteiger partial charge in [0.15, 0.2) is 0 Å². The maximum Gasteiger partial charge on any atom is 0.0827 e. The maximum atomic E-state index is 10.3. The molecule has 0 aliphatic carbocycles. The standard InChI is InChI=1S/C15H13NOS/c17-12-8-9-16-11-5-1-2-6-13(11)18-14-7-3-4-10(12)15(14)16/h1-7,12,17H,8-9H2/i12D. The molecule has 90 valence electrons. The molecule has 1 unspecified atom stereocenters. The van der Waals surface area contributed by atoms with Crippen LogP contribution in [0.1, 0.15) is 19.4 Å². The van der Waals surface area contributed by atoms with E-state index in [9.17, 15) is 5.11 Å². The van der Waals surface area contributed by atoms with Crippen molar-refractivity contribution in [3.8, 4) is 0 Å². The van der Waals surface area contributed by atoms with Crippen molar-refractivity contribution in [1.82, 2.24) is 0 Å². The Hall–Kier alpha value is -1.45. The van der Waals surface area contributed by atoms with Crippen LogP contribution in [-0.2, 0) is 0 Å². The molecule has 0 fully saturated rings. The van der Waals surface area contributed by atoms with E-state index in [1.54, 1.807) is 11.8 Å². The topological polar surface area (TPSA) is 23.5 Å². The van der Waals surface area contributed by atoms with Gasteiger partial charge >= 0.3 is 0 Å². The Kier molecular flexibility index (Phi) is 1.98. The van der Waals surface area contributed by atoms with Crippen molar-refractivity contribution in [2.24, 2.45) is 0 Å². The molecule has 2 nitrogen and oxygen atoms in total. The molecule has 3 heteroatoms. The number of fused-ring (bicyclic) bond motifs is 2. The third-order valence-corrected chi connectivity index (χ3v) is 4.64. The smallest absolute Gasteiger partial charge is 0.0827 e. The highest BCUT2D eigenvalue weighted by Gasteiger charge is 2.31. The SMILES string of the molecule is [2H]C1(O)CCN2c3ccccc3Sc3cccc1c32. The highest BCUT2D eigenvalue weighted by Crippen LogP contribution is 2.52. The second-order valence-corrected chi connectivity index (χ2v) is 5.65. The fourth-order valence-corrected chi connectivity index (χ4v) is 3.84. The summed E-state index contributed by atoms with van der Waals surface area (Å²) in [6.07, 6.45) is -1.03. The molecule has 0 radical (unpaired) electrons. The Labute approximate surface area is 112 Å². The number of hydrogen-bond donors (Lipinski definition) is 1. The molecule has 0 bridgehead atoms. The first kappa shape index (κ1) is 9.48. The van der Waals surface area contributed by atoms with E-state index in [0.717, 1.165) is 16.1 Å². The van der Waals surface area contributed by atoms with Gasteiger partial charge in [-0.25, -0.2) is 0 Å². The van der Waals surface area contributed by atoms with Crippen molar-refractivity contribution in [2.45, 2.75) is 22.3 Å². The minimum atomic E-state index is -1.46. The van der Waals surface area contributed by atoms with Crippen LogP contribution in [-0.4, -0.2) is 11.7 Å². The van der Waals surface area contributed by atoms with Crippen LogP contribution in [0.15, 0.2) is 52.3 Å². The Bertz CT molecular complexity index is 671. The van der Waals surface area contributed by atoms with E-state index < -0.39 is 6.08 Å². The molecular formula is C15H13NOS. The lowest BCUT2D eigenvalue weighted by Crippen LogP contribution is -2.29. The molecule has 18 heavy (non-hydrogen) atoms. The lowest BCUT2D eigenvalue weighted by Gasteiger charge is -2.39. The summed E-state index contributed by atoms with van der Waals surface area (Å²) in [5, 5.41) is 10.3. The highest BCUT2D eigenvalue weighted by molar-refractivity contribution is 7.99. The van der Waals surface area contributed by atoms with Gasteiger partial charge in [0, 0.05) is 21.9 Å². The van der Waals surface area contributed by atoms with Crippen LogP contribution in [0.5, 0.6) is 0 Å². The maximum absolute atomic E-state index is 10.3. The molecule has 2 aromatic rings. The molecule has 2 aromatic carbocycles. The summed E-state index contributed by atoms with van der Waals surface area (Å²) >= 11 is 1.71. The zero-order valence-electron chi connectivity index (χ0n) is 10.8. The van der Waals surface area contributed by atoms with Gasteiger partial charge in [0.2, 0.25) is 0 Å². The minimum absolute atomic E-state index is 0.433. The first-order valence-corrected chi connectivity index (χ1v) is 6.89. The fourth-order valence-electron chi connectivity index (χ4n) is 2.71.